The molecule has 0 radical (unpaired) electrons. The van der Waals surface area contributed by atoms with Crippen molar-refractivity contribution in [2.45, 2.75) is 13.5 Å². The van der Waals surface area contributed by atoms with Crippen LogP contribution in [0, 0.1) is 6.92 Å². The fourth-order valence-corrected chi connectivity index (χ4v) is 2.07. The molecule has 2 aromatic carbocycles. The van der Waals surface area contributed by atoms with Gasteiger partial charge in [-0.25, -0.2) is 4.79 Å². The molecule has 0 spiro atoms. The minimum Gasteiger partial charge on any atom is -0.445 e. The van der Waals surface area contributed by atoms with Crippen LogP contribution in [0.1, 0.15) is 16.7 Å². The molecule has 0 aliphatic rings. The van der Waals surface area contributed by atoms with Gasteiger partial charge in [0.1, 0.15) is 6.61 Å². The van der Waals surface area contributed by atoms with Gasteiger partial charge < -0.3 is 10.1 Å². The van der Waals surface area contributed by atoms with Crippen LogP contribution in [-0.2, 0) is 11.3 Å². The van der Waals surface area contributed by atoms with Crippen molar-refractivity contribution < 1.29 is 9.53 Å². The molecule has 3 nitrogen and oxygen atoms in total. The van der Waals surface area contributed by atoms with E-state index in [1.807, 2.05) is 67.6 Å². The van der Waals surface area contributed by atoms with Gasteiger partial charge in [-0.2, -0.15) is 0 Å². The van der Waals surface area contributed by atoms with E-state index in [1.165, 1.54) is 0 Å². The second-order valence-electron chi connectivity index (χ2n) is 4.87. The maximum Gasteiger partial charge on any atom is 0.407 e. The number of carbonyl (C=O) groups excluding carboxylic acids is 1. The molecule has 0 bridgehead atoms. The van der Waals surface area contributed by atoms with E-state index in [4.69, 9.17) is 16.3 Å². The maximum atomic E-state index is 11.6. The van der Waals surface area contributed by atoms with E-state index in [0.29, 0.717) is 11.6 Å². The highest BCUT2D eigenvalue weighted by molar-refractivity contribution is 6.32. The van der Waals surface area contributed by atoms with E-state index in [1.54, 1.807) is 0 Å². The first-order valence-electron chi connectivity index (χ1n) is 7.02. The third-order valence-electron chi connectivity index (χ3n) is 3.03. The second kappa shape index (κ2) is 8.25. The Labute approximate surface area is 135 Å². The lowest BCUT2D eigenvalue weighted by molar-refractivity contribution is 0.141. The number of carbonyl (C=O) groups is 1. The van der Waals surface area contributed by atoms with Crippen molar-refractivity contribution in [1.82, 2.24) is 5.32 Å². The van der Waals surface area contributed by atoms with Gasteiger partial charge >= 0.3 is 6.09 Å². The Morgan fingerprint density at radius 1 is 1.23 bits per heavy atom. The maximum absolute atomic E-state index is 11.6. The Morgan fingerprint density at radius 3 is 2.77 bits per heavy atom. The summed E-state index contributed by atoms with van der Waals surface area (Å²) in [5, 5.41) is 3.35. The molecule has 1 N–H and O–H groups in total. The van der Waals surface area contributed by atoms with Crippen molar-refractivity contribution in [1.29, 1.82) is 0 Å². The number of halogens is 1. The van der Waals surface area contributed by atoms with Crippen LogP contribution in [0.2, 0.25) is 5.02 Å². The summed E-state index contributed by atoms with van der Waals surface area (Å²) < 4.78 is 5.11. The van der Waals surface area contributed by atoms with Crippen LogP contribution in [-0.4, -0.2) is 12.6 Å². The summed E-state index contributed by atoms with van der Waals surface area (Å²) in [7, 11) is 0. The fraction of sp³-hybridized carbons (Fsp3) is 0.167. The van der Waals surface area contributed by atoms with Crippen molar-refractivity contribution in [3.05, 3.63) is 76.3 Å². The van der Waals surface area contributed by atoms with E-state index >= 15 is 0 Å². The molecular weight excluding hydrogens is 298 g/mol. The number of ether oxygens (including phenoxy) is 1. The van der Waals surface area contributed by atoms with Gasteiger partial charge in [0.2, 0.25) is 0 Å². The third kappa shape index (κ3) is 5.26. The first kappa shape index (κ1) is 16.1. The summed E-state index contributed by atoms with van der Waals surface area (Å²) in [5.74, 6) is 0. The lowest BCUT2D eigenvalue weighted by Gasteiger charge is -2.05. The Balaban J connectivity index is 1.75. The summed E-state index contributed by atoms with van der Waals surface area (Å²) in [6.45, 7) is 2.66. The molecule has 22 heavy (non-hydrogen) atoms. The minimum atomic E-state index is -0.441. The van der Waals surface area contributed by atoms with Crippen LogP contribution in [0.3, 0.4) is 0 Å². The van der Waals surface area contributed by atoms with Gasteiger partial charge in [0.15, 0.2) is 0 Å². The van der Waals surface area contributed by atoms with E-state index in [-0.39, 0.29) is 6.61 Å². The summed E-state index contributed by atoms with van der Waals surface area (Å²) >= 11 is 6.09. The Kier molecular flexibility index (Phi) is 6.04. The quantitative estimate of drug-likeness (QED) is 0.876. The third-order valence-corrected chi connectivity index (χ3v) is 3.37. The molecule has 4 heteroatoms. The second-order valence-corrected chi connectivity index (χ2v) is 5.28. The highest BCUT2D eigenvalue weighted by Crippen LogP contribution is 2.18. The normalized spacial score (nSPS) is 10.6. The number of hydrogen-bond donors (Lipinski definition) is 1. The van der Waals surface area contributed by atoms with Crippen LogP contribution in [0.5, 0.6) is 0 Å². The summed E-state index contributed by atoms with van der Waals surface area (Å²) in [5.41, 5.74) is 3.03. The molecule has 0 heterocycles. The Hall–Kier alpha value is -2.26. The lowest BCUT2D eigenvalue weighted by Crippen LogP contribution is -2.24. The molecule has 0 aliphatic carbocycles. The molecule has 0 saturated heterocycles. The number of nitrogens with one attached hydrogen (secondary N) is 1. The summed E-state index contributed by atoms with van der Waals surface area (Å²) in [6.07, 6.45) is 3.28. The van der Waals surface area contributed by atoms with Gasteiger partial charge in [0.25, 0.3) is 0 Å². The molecule has 0 aliphatic heterocycles. The van der Waals surface area contributed by atoms with Crippen LogP contribution < -0.4 is 5.32 Å². The van der Waals surface area contributed by atoms with Gasteiger partial charge in [-0.1, -0.05) is 71.8 Å². The number of aryl methyl sites for hydroxylation is 1. The molecule has 2 rings (SSSR count). The van der Waals surface area contributed by atoms with Crippen LogP contribution in [0.4, 0.5) is 4.79 Å². The van der Waals surface area contributed by atoms with Crippen molar-refractivity contribution in [2.75, 3.05) is 6.54 Å². The molecular formula is C18H18ClNO2. The van der Waals surface area contributed by atoms with E-state index < -0.39 is 6.09 Å². The SMILES string of the molecule is Cc1ccc(Cl)c(C=CCNC(=O)OCc2ccccc2)c1. The monoisotopic (exact) mass is 315 g/mol. The molecule has 0 atom stereocenters. The zero-order valence-electron chi connectivity index (χ0n) is 12.4. The first-order chi connectivity index (χ1) is 10.6. The molecule has 2 aromatic rings. The van der Waals surface area contributed by atoms with Crippen LogP contribution in [0.25, 0.3) is 6.08 Å². The summed E-state index contributed by atoms with van der Waals surface area (Å²) in [4.78, 5) is 11.6. The lowest BCUT2D eigenvalue weighted by atomic mass is 10.1. The number of amides is 1. The van der Waals surface area contributed by atoms with Crippen molar-refractivity contribution in [2.24, 2.45) is 0 Å². The highest BCUT2D eigenvalue weighted by atomic mass is 35.5. The molecule has 114 valence electrons. The van der Waals surface area contributed by atoms with Crippen LogP contribution in [0.15, 0.2) is 54.6 Å². The van der Waals surface area contributed by atoms with Gasteiger partial charge in [0.05, 0.1) is 0 Å². The van der Waals surface area contributed by atoms with Crippen molar-refractivity contribution in [3.63, 3.8) is 0 Å². The van der Waals surface area contributed by atoms with E-state index in [0.717, 1.165) is 16.7 Å². The van der Waals surface area contributed by atoms with E-state index in [2.05, 4.69) is 5.32 Å². The van der Waals surface area contributed by atoms with Gasteiger partial charge in [-0.15, -0.1) is 0 Å². The minimum absolute atomic E-state index is 0.264. The average molecular weight is 316 g/mol. The topological polar surface area (TPSA) is 38.3 Å². The zero-order chi connectivity index (χ0) is 15.8. The number of benzene rings is 2. The molecule has 0 unspecified atom stereocenters. The fourth-order valence-electron chi connectivity index (χ4n) is 1.89. The average Bonchev–Trinajstić information content (AvgIpc) is 2.53. The smallest absolute Gasteiger partial charge is 0.407 e. The number of hydrogen-bond acceptors (Lipinski definition) is 2. The molecule has 0 aromatic heterocycles. The van der Waals surface area contributed by atoms with E-state index in [9.17, 15) is 4.79 Å². The molecule has 1 amide bonds. The van der Waals surface area contributed by atoms with Gasteiger partial charge in [0, 0.05) is 11.6 Å². The Morgan fingerprint density at radius 2 is 2.00 bits per heavy atom. The number of rotatable bonds is 5. The van der Waals surface area contributed by atoms with Crippen LogP contribution >= 0.6 is 11.6 Å². The predicted molar refractivity (Wildman–Crippen MR) is 89.9 cm³/mol. The van der Waals surface area contributed by atoms with Gasteiger partial charge in [-0.05, 0) is 24.1 Å². The first-order valence-corrected chi connectivity index (χ1v) is 7.40. The molecule has 0 fully saturated rings. The number of alkyl carbamates (subject to hydrolysis) is 1. The zero-order valence-corrected chi connectivity index (χ0v) is 13.1. The summed E-state index contributed by atoms with van der Waals surface area (Å²) in [6, 6.07) is 15.4. The largest absolute Gasteiger partial charge is 0.445 e. The predicted octanol–water partition coefficient (Wildman–Crippen LogP) is 4.59. The van der Waals surface area contributed by atoms with Crippen molar-refractivity contribution >= 4 is 23.8 Å². The standard InChI is InChI=1S/C18H18ClNO2/c1-14-9-10-17(19)16(12-14)8-5-11-20-18(21)22-13-15-6-3-2-4-7-15/h2-10,12H,11,13H2,1H3,(H,20,21). The Bertz CT molecular complexity index is 653. The van der Waals surface area contributed by atoms with Crippen molar-refractivity contribution in [3.8, 4) is 0 Å². The van der Waals surface area contributed by atoms with Gasteiger partial charge in [-0.3, -0.25) is 0 Å². The highest BCUT2D eigenvalue weighted by Gasteiger charge is 2.00. The molecule has 0 saturated carbocycles.